The van der Waals surface area contributed by atoms with Gasteiger partial charge in [0.1, 0.15) is 11.1 Å². The van der Waals surface area contributed by atoms with Crippen molar-refractivity contribution in [2.24, 2.45) is 0 Å². The van der Waals surface area contributed by atoms with Gasteiger partial charge in [0.2, 0.25) is 5.16 Å². The Morgan fingerprint density at radius 3 is 2.74 bits per heavy atom. The van der Waals surface area contributed by atoms with Crippen LogP contribution in [0.3, 0.4) is 0 Å². The SMILES string of the molecule is CC[C@H](Sc1n[nH]c(-c2ccc(F)cc2)n1)C(=O)O. The van der Waals surface area contributed by atoms with E-state index in [0.29, 0.717) is 23.0 Å². The number of carbonyl (C=O) groups is 1. The van der Waals surface area contributed by atoms with Gasteiger partial charge >= 0.3 is 5.97 Å². The van der Waals surface area contributed by atoms with Gasteiger partial charge in [0.15, 0.2) is 5.82 Å². The summed E-state index contributed by atoms with van der Waals surface area (Å²) in [4.78, 5) is 15.1. The number of nitrogens with one attached hydrogen (secondary N) is 1. The summed E-state index contributed by atoms with van der Waals surface area (Å²) in [5.41, 5.74) is 0.698. The molecule has 1 atom stereocenters. The molecule has 0 unspecified atom stereocenters. The highest BCUT2D eigenvalue weighted by Gasteiger charge is 2.19. The minimum atomic E-state index is -0.888. The molecule has 0 aliphatic rings. The zero-order chi connectivity index (χ0) is 13.8. The van der Waals surface area contributed by atoms with E-state index in [1.807, 2.05) is 0 Å². The first-order valence-corrected chi connectivity index (χ1v) is 6.56. The summed E-state index contributed by atoms with van der Waals surface area (Å²) in [5, 5.41) is 15.4. The third-order valence-electron chi connectivity index (χ3n) is 2.48. The second kappa shape index (κ2) is 5.83. The first-order chi connectivity index (χ1) is 9.10. The lowest BCUT2D eigenvalue weighted by molar-refractivity contribution is -0.136. The maximum Gasteiger partial charge on any atom is 0.317 e. The number of carboxylic acids is 1. The van der Waals surface area contributed by atoms with Gasteiger partial charge in [0.25, 0.3) is 0 Å². The van der Waals surface area contributed by atoms with Crippen LogP contribution in [0.2, 0.25) is 0 Å². The molecule has 100 valence electrons. The van der Waals surface area contributed by atoms with Gasteiger partial charge in [-0.2, -0.15) is 0 Å². The van der Waals surface area contributed by atoms with E-state index in [0.717, 1.165) is 11.8 Å². The molecule has 1 aromatic heterocycles. The zero-order valence-electron chi connectivity index (χ0n) is 10.1. The van der Waals surface area contributed by atoms with Crippen molar-refractivity contribution in [3.63, 3.8) is 0 Å². The molecule has 0 bridgehead atoms. The van der Waals surface area contributed by atoms with Gasteiger partial charge in [-0.3, -0.25) is 9.89 Å². The van der Waals surface area contributed by atoms with Crippen LogP contribution >= 0.6 is 11.8 Å². The molecule has 0 spiro atoms. The topological polar surface area (TPSA) is 78.9 Å². The first kappa shape index (κ1) is 13.5. The number of hydrogen-bond donors (Lipinski definition) is 2. The van der Waals surface area contributed by atoms with Crippen molar-refractivity contribution in [2.75, 3.05) is 0 Å². The van der Waals surface area contributed by atoms with Gasteiger partial charge in [0, 0.05) is 5.56 Å². The molecular weight excluding hydrogens is 269 g/mol. The lowest BCUT2D eigenvalue weighted by Gasteiger charge is -2.04. The third kappa shape index (κ3) is 3.31. The number of aromatic amines is 1. The molecule has 19 heavy (non-hydrogen) atoms. The fraction of sp³-hybridized carbons (Fsp3) is 0.250. The van der Waals surface area contributed by atoms with Gasteiger partial charge in [-0.15, -0.1) is 5.10 Å². The first-order valence-electron chi connectivity index (χ1n) is 5.68. The average Bonchev–Trinajstić information content (AvgIpc) is 2.85. The maximum atomic E-state index is 12.8. The summed E-state index contributed by atoms with van der Waals surface area (Å²) < 4.78 is 12.8. The van der Waals surface area contributed by atoms with Crippen LogP contribution < -0.4 is 0 Å². The molecule has 0 amide bonds. The van der Waals surface area contributed by atoms with Crippen molar-refractivity contribution in [3.05, 3.63) is 30.1 Å². The summed E-state index contributed by atoms with van der Waals surface area (Å²) in [6.07, 6.45) is 0.487. The van der Waals surface area contributed by atoms with Crippen molar-refractivity contribution >= 4 is 17.7 Å². The highest BCUT2D eigenvalue weighted by atomic mass is 32.2. The van der Waals surface area contributed by atoms with Gasteiger partial charge < -0.3 is 5.11 Å². The number of nitrogens with zero attached hydrogens (tertiary/aromatic N) is 2. The summed E-state index contributed by atoms with van der Waals surface area (Å²) in [6.45, 7) is 1.79. The molecule has 7 heteroatoms. The predicted octanol–water partition coefficient (Wildman–Crippen LogP) is 2.57. The summed E-state index contributed by atoms with van der Waals surface area (Å²) in [7, 11) is 0. The lowest BCUT2D eigenvalue weighted by atomic mass is 10.2. The van der Waals surface area contributed by atoms with Gasteiger partial charge in [-0.25, -0.2) is 9.37 Å². The molecule has 2 N–H and O–H groups in total. The lowest BCUT2D eigenvalue weighted by Crippen LogP contribution is -2.14. The van der Waals surface area contributed by atoms with E-state index in [1.165, 1.54) is 12.1 Å². The summed E-state index contributed by atoms with van der Waals surface area (Å²) in [5.74, 6) is -0.724. The van der Waals surface area contributed by atoms with Gasteiger partial charge in [0.05, 0.1) is 0 Å². The molecule has 2 aromatic rings. The van der Waals surface area contributed by atoms with Gasteiger partial charge in [-0.05, 0) is 30.7 Å². The molecule has 0 aliphatic heterocycles. The van der Waals surface area contributed by atoms with E-state index >= 15 is 0 Å². The van der Waals surface area contributed by atoms with Crippen LogP contribution in [-0.2, 0) is 4.79 Å². The molecule has 0 saturated carbocycles. The molecule has 0 fully saturated rings. The van der Waals surface area contributed by atoms with Crippen LogP contribution in [0.5, 0.6) is 0 Å². The molecule has 2 rings (SSSR count). The minimum Gasteiger partial charge on any atom is -0.480 e. The van der Waals surface area contributed by atoms with Crippen molar-refractivity contribution in [1.82, 2.24) is 15.2 Å². The van der Waals surface area contributed by atoms with Crippen LogP contribution in [0, 0.1) is 5.82 Å². The van der Waals surface area contributed by atoms with E-state index in [4.69, 9.17) is 5.11 Å². The fourth-order valence-corrected chi connectivity index (χ4v) is 2.24. The highest BCUT2D eigenvalue weighted by Crippen LogP contribution is 2.24. The van der Waals surface area contributed by atoms with Crippen molar-refractivity contribution < 1.29 is 14.3 Å². The molecule has 0 saturated heterocycles. The second-order valence-corrected chi connectivity index (χ2v) is 5.00. The summed E-state index contributed by atoms with van der Waals surface area (Å²) in [6, 6.07) is 5.82. The number of benzene rings is 1. The number of aliphatic carboxylic acids is 1. The van der Waals surface area contributed by atoms with Crippen molar-refractivity contribution in [2.45, 2.75) is 23.8 Å². The molecule has 0 radical (unpaired) electrons. The average molecular weight is 281 g/mol. The quantitative estimate of drug-likeness (QED) is 0.823. The van der Waals surface area contributed by atoms with E-state index < -0.39 is 11.2 Å². The Morgan fingerprint density at radius 2 is 2.16 bits per heavy atom. The van der Waals surface area contributed by atoms with E-state index in [1.54, 1.807) is 19.1 Å². The standard InChI is InChI=1S/C12H12FN3O2S/c1-2-9(11(17)18)19-12-14-10(15-16-12)7-3-5-8(13)6-4-7/h3-6,9H,2H2,1H3,(H,17,18)(H,14,15,16)/t9-/m0/s1. The predicted molar refractivity (Wildman–Crippen MR) is 69.3 cm³/mol. The number of thioether (sulfide) groups is 1. The van der Waals surface area contributed by atoms with Crippen LogP contribution in [0.1, 0.15) is 13.3 Å². The number of rotatable bonds is 5. The molecule has 5 nitrogen and oxygen atoms in total. The van der Waals surface area contributed by atoms with Crippen LogP contribution in [0.4, 0.5) is 4.39 Å². The van der Waals surface area contributed by atoms with Crippen molar-refractivity contribution in [1.29, 1.82) is 0 Å². The Kier molecular flexibility index (Phi) is 4.16. The summed E-state index contributed by atoms with van der Waals surface area (Å²) >= 11 is 1.09. The highest BCUT2D eigenvalue weighted by molar-refractivity contribution is 8.00. The van der Waals surface area contributed by atoms with Crippen LogP contribution in [0.15, 0.2) is 29.4 Å². The Morgan fingerprint density at radius 1 is 1.47 bits per heavy atom. The number of halogens is 1. The number of hydrogen-bond acceptors (Lipinski definition) is 4. The number of carboxylic acid groups (broad SMARTS) is 1. The number of H-pyrrole nitrogens is 1. The maximum absolute atomic E-state index is 12.8. The van der Waals surface area contributed by atoms with E-state index in [9.17, 15) is 9.18 Å². The molecule has 1 aromatic carbocycles. The third-order valence-corrected chi connectivity index (χ3v) is 3.69. The normalized spacial score (nSPS) is 12.3. The van der Waals surface area contributed by atoms with E-state index in [-0.39, 0.29) is 5.82 Å². The Hall–Kier alpha value is -1.89. The van der Waals surface area contributed by atoms with E-state index in [2.05, 4.69) is 15.2 Å². The zero-order valence-corrected chi connectivity index (χ0v) is 10.9. The van der Waals surface area contributed by atoms with Gasteiger partial charge in [-0.1, -0.05) is 18.7 Å². The molecular formula is C12H12FN3O2S. The molecule has 1 heterocycles. The monoisotopic (exact) mass is 281 g/mol. The fourth-order valence-electron chi connectivity index (χ4n) is 1.47. The Labute approximate surface area is 113 Å². The Bertz CT molecular complexity index is 571. The van der Waals surface area contributed by atoms with Crippen LogP contribution in [0.25, 0.3) is 11.4 Å². The van der Waals surface area contributed by atoms with Crippen LogP contribution in [-0.4, -0.2) is 31.5 Å². The minimum absolute atomic E-state index is 0.324. The number of aromatic nitrogens is 3. The Balaban J connectivity index is 2.15. The second-order valence-electron chi connectivity index (χ2n) is 3.83. The largest absolute Gasteiger partial charge is 0.480 e. The van der Waals surface area contributed by atoms with Crippen molar-refractivity contribution in [3.8, 4) is 11.4 Å². The smallest absolute Gasteiger partial charge is 0.317 e. The molecule has 0 aliphatic carbocycles.